The molecule has 0 aliphatic carbocycles. The van der Waals surface area contributed by atoms with Gasteiger partial charge in [-0.1, -0.05) is 51.3 Å². The highest BCUT2D eigenvalue weighted by molar-refractivity contribution is 14.1. The standard InChI is InChI=1S/C16H23IO/c1-5-16(18)11-14(3)8-6-7-13(2)9-10-15(4)12-17/h1,7,11-12,16,18H,6,8-10H2,2-4H3/b13-7+,14-11+,15-12+. The van der Waals surface area contributed by atoms with Crippen molar-refractivity contribution in [2.24, 2.45) is 0 Å². The fourth-order valence-electron chi connectivity index (χ4n) is 1.50. The van der Waals surface area contributed by atoms with Crippen molar-refractivity contribution in [3.63, 3.8) is 0 Å². The minimum absolute atomic E-state index is 0.744. The zero-order chi connectivity index (χ0) is 14.0. The summed E-state index contributed by atoms with van der Waals surface area (Å²) >= 11 is 2.28. The monoisotopic (exact) mass is 358 g/mol. The Hall–Kier alpha value is -0.530. The first-order valence-corrected chi connectivity index (χ1v) is 7.47. The van der Waals surface area contributed by atoms with E-state index in [4.69, 9.17) is 6.42 Å². The summed E-state index contributed by atoms with van der Waals surface area (Å²) in [6, 6.07) is 0. The number of allylic oxidation sites excluding steroid dienone is 4. The maximum atomic E-state index is 9.27. The van der Waals surface area contributed by atoms with Crippen LogP contribution in [0.1, 0.15) is 46.5 Å². The molecule has 1 N–H and O–H groups in total. The van der Waals surface area contributed by atoms with E-state index in [0.29, 0.717) is 0 Å². The molecule has 0 rings (SSSR count). The molecule has 0 aromatic heterocycles. The second kappa shape index (κ2) is 10.4. The van der Waals surface area contributed by atoms with Crippen molar-refractivity contribution in [2.75, 3.05) is 0 Å². The lowest BCUT2D eigenvalue weighted by atomic mass is 10.0. The Morgan fingerprint density at radius 1 is 1.17 bits per heavy atom. The van der Waals surface area contributed by atoms with Crippen LogP contribution in [0.2, 0.25) is 0 Å². The summed E-state index contributed by atoms with van der Waals surface area (Å²) in [7, 11) is 0. The third-order valence-electron chi connectivity index (χ3n) is 2.74. The van der Waals surface area contributed by atoms with Crippen molar-refractivity contribution >= 4 is 22.6 Å². The first kappa shape index (κ1) is 17.5. The Morgan fingerprint density at radius 2 is 1.78 bits per heavy atom. The second-order valence-corrected chi connectivity index (χ2v) is 5.29. The van der Waals surface area contributed by atoms with Gasteiger partial charge in [-0.2, -0.15) is 0 Å². The number of hydrogen-bond acceptors (Lipinski definition) is 1. The number of aliphatic hydroxyl groups is 1. The molecule has 0 heterocycles. The van der Waals surface area contributed by atoms with Crippen LogP contribution in [0.4, 0.5) is 0 Å². The van der Waals surface area contributed by atoms with Crippen molar-refractivity contribution in [2.45, 2.75) is 52.6 Å². The van der Waals surface area contributed by atoms with Gasteiger partial charge >= 0.3 is 0 Å². The summed E-state index contributed by atoms with van der Waals surface area (Å²) in [6.45, 7) is 6.34. The van der Waals surface area contributed by atoms with Gasteiger partial charge in [0.05, 0.1) is 0 Å². The molecule has 1 nitrogen and oxygen atoms in total. The van der Waals surface area contributed by atoms with Crippen LogP contribution >= 0.6 is 22.6 Å². The highest BCUT2D eigenvalue weighted by atomic mass is 127. The number of aliphatic hydroxyl groups excluding tert-OH is 1. The highest BCUT2D eigenvalue weighted by Gasteiger charge is 1.96. The maximum absolute atomic E-state index is 9.27. The molecule has 0 amide bonds. The molecule has 0 aromatic carbocycles. The second-order valence-electron chi connectivity index (χ2n) is 4.67. The van der Waals surface area contributed by atoms with Crippen molar-refractivity contribution in [3.05, 3.63) is 33.0 Å². The van der Waals surface area contributed by atoms with Crippen LogP contribution in [-0.4, -0.2) is 11.2 Å². The summed E-state index contributed by atoms with van der Waals surface area (Å²) in [5.74, 6) is 2.29. The molecular weight excluding hydrogens is 335 g/mol. The third-order valence-corrected chi connectivity index (χ3v) is 3.81. The first-order chi connectivity index (χ1) is 8.49. The van der Waals surface area contributed by atoms with E-state index in [1.807, 2.05) is 6.92 Å². The van der Waals surface area contributed by atoms with Crippen molar-refractivity contribution < 1.29 is 5.11 Å². The van der Waals surface area contributed by atoms with E-state index in [1.165, 1.54) is 11.1 Å². The van der Waals surface area contributed by atoms with Gasteiger partial charge in [-0.25, -0.2) is 0 Å². The molecule has 1 atom stereocenters. The van der Waals surface area contributed by atoms with E-state index in [0.717, 1.165) is 31.3 Å². The molecule has 0 spiro atoms. The van der Waals surface area contributed by atoms with Crippen LogP contribution in [-0.2, 0) is 0 Å². The molecule has 100 valence electrons. The molecule has 0 saturated carbocycles. The Labute approximate surface area is 125 Å². The third kappa shape index (κ3) is 9.49. The smallest absolute Gasteiger partial charge is 0.133 e. The van der Waals surface area contributed by atoms with Crippen molar-refractivity contribution in [1.82, 2.24) is 0 Å². The van der Waals surface area contributed by atoms with E-state index >= 15 is 0 Å². The summed E-state index contributed by atoms with van der Waals surface area (Å²) in [5.41, 5.74) is 4.00. The molecular formula is C16H23IO. The van der Waals surface area contributed by atoms with Crippen LogP contribution in [0, 0.1) is 12.3 Å². The van der Waals surface area contributed by atoms with Gasteiger partial charge in [-0.3, -0.25) is 0 Å². The highest BCUT2D eigenvalue weighted by Crippen LogP contribution is 2.14. The summed E-state index contributed by atoms with van der Waals surface area (Å²) in [4.78, 5) is 0. The van der Waals surface area contributed by atoms with Crippen molar-refractivity contribution in [1.29, 1.82) is 0 Å². The minimum atomic E-state index is -0.744. The Kier molecular flexibility index (Phi) is 10.1. The van der Waals surface area contributed by atoms with Gasteiger partial charge in [-0.15, -0.1) is 6.42 Å². The van der Waals surface area contributed by atoms with E-state index in [1.54, 1.807) is 6.08 Å². The molecule has 0 aromatic rings. The summed E-state index contributed by atoms with van der Waals surface area (Å²) in [6.07, 6.45) is 12.6. The quantitative estimate of drug-likeness (QED) is 0.395. The summed E-state index contributed by atoms with van der Waals surface area (Å²) < 4.78 is 2.14. The molecule has 0 aliphatic heterocycles. The Bertz CT molecular complexity index is 369. The predicted molar refractivity (Wildman–Crippen MR) is 88.6 cm³/mol. The van der Waals surface area contributed by atoms with E-state index in [2.05, 4.69) is 52.5 Å². The average molecular weight is 358 g/mol. The minimum Gasteiger partial charge on any atom is -0.377 e. The fraction of sp³-hybridized carbons (Fsp3) is 0.500. The summed E-state index contributed by atoms with van der Waals surface area (Å²) in [5, 5.41) is 9.27. The van der Waals surface area contributed by atoms with Gasteiger partial charge < -0.3 is 5.11 Å². The first-order valence-electron chi connectivity index (χ1n) is 6.22. The molecule has 0 saturated heterocycles. The zero-order valence-corrected chi connectivity index (χ0v) is 13.7. The van der Waals surface area contributed by atoms with Gasteiger partial charge in [-0.05, 0) is 56.6 Å². The van der Waals surface area contributed by atoms with Gasteiger partial charge in [0.1, 0.15) is 6.10 Å². The maximum Gasteiger partial charge on any atom is 0.133 e. The molecule has 0 bridgehead atoms. The number of terminal acetylenes is 1. The number of halogens is 1. The lowest BCUT2D eigenvalue weighted by Gasteiger charge is -2.03. The van der Waals surface area contributed by atoms with Crippen LogP contribution in [0.25, 0.3) is 0 Å². The normalized spacial score (nSPS) is 15.4. The van der Waals surface area contributed by atoms with Gasteiger partial charge in [0.15, 0.2) is 0 Å². The zero-order valence-electron chi connectivity index (χ0n) is 11.5. The SMILES string of the molecule is C#CC(O)/C=C(\C)CC/C=C(\C)CC/C(C)=C/I. The largest absolute Gasteiger partial charge is 0.377 e. The van der Waals surface area contributed by atoms with Crippen LogP contribution in [0.5, 0.6) is 0 Å². The fourth-order valence-corrected chi connectivity index (χ4v) is 1.81. The van der Waals surface area contributed by atoms with Crippen LogP contribution < -0.4 is 0 Å². The van der Waals surface area contributed by atoms with Crippen LogP contribution in [0.3, 0.4) is 0 Å². The van der Waals surface area contributed by atoms with Crippen LogP contribution in [0.15, 0.2) is 33.0 Å². The molecule has 1 unspecified atom stereocenters. The lowest BCUT2D eigenvalue weighted by Crippen LogP contribution is -1.97. The Morgan fingerprint density at radius 3 is 2.33 bits per heavy atom. The molecule has 18 heavy (non-hydrogen) atoms. The van der Waals surface area contributed by atoms with Gasteiger partial charge in [0, 0.05) is 0 Å². The van der Waals surface area contributed by atoms with Gasteiger partial charge in [0.25, 0.3) is 0 Å². The van der Waals surface area contributed by atoms with E-state index in [9.17, 15) is 5.11 Å². The number of hydrogen-bond donors (Lipinski definition) is 1. The van der Waals surface area contributed by atoms with E-state index in [-0.39, 0.29) is 0 Å². The number of rotatable bonds is 7. The predicted octanol–water partition coefficient (Wildman–Crippen LogP) is 4.77. The molecule has 0 aliphatic rings. The van der Waals surface area contributed by atoms with Gasteiger partial charge in [0.2, 0.25) is 0 Å². The molecule has 0 fully saturated rings. The van der Waals surface area contributed by atoms with E-state index < -0.39 is 6.10 Å². The molecule has 0 radical (unpaired) electrons. The lowest BCUT2D eigenvalue weighted by molar-refractivity contribution is 0.279. The molecule has 2 heteroatoms. The van der Waals surface area contributed by atoms with Crippen molar-refractivity contribution in [3.8, 4) is 12.3 Å². The Balaban J connectivity index is 4.02. The topological polar surface area (TPSA) is 20.2 Å². The average Bonchev–Trinajstić information content (AvgIpc) is 2.35.